The highest BCUT2D eigenvalue weighted by Crippen LogP contribution is 2.27. The average molecular weight is 474 g/mol. The topological polar surface area (TPSA) is 111 Å². The molecule has 0 aliphatic carbocycles. The minimum absolute atomic E-state index is 0.122. The quantitative estimate of drug-likeness (QED) is 0.133. The molecule has 0 radical (unpaired) electrons. The first-order valence-electron chi connectivity index (χ1n) is 10.00. The van der Waals surface area contributed by atoms with Crippen LogP contribution in [-0.4, -0.2) is 23.0 Å². The summed E-state index contributed by atoms with van der Waals surface area (Å²) < 4.78 is 5.61. The van der Waals surface area contributed by atoms with E-state index < -0.39 is 16.8 Å². The molecule has 8 nitrogen and oxygen atoms in total. The third-order valence-electron chi connectivity index (χ3n) is 4.91. The molecule has 1 amide bonds. The lowest BCUT2D eigenvalue weighted by Gasteiger charge is -2.10. The van der Waals surface area contributed by atoms with Gasteiger partial charge in [0.05, 0.1) is 16.7 Å². The van der Waals surface area contributed by atoms with E-state index in [2.05, 4.69) is 10.5 Å². The smallest absolute Gasteiger partial charge is 0.343 e. The van der Waals surface area contributed by atoms with E-state index in [1.54, 1.807) is 30.3 Å². The highest BCUT2D eigenvalue weighted by Gasteiger charge is 2.14. The number of rotatable bonds is 6. The summed E-state index contributed by atoms with van der Waals surface area (Å²) in [6.45, 7) is 0. The number of fused-ring (bicyclic) bond motifs is 1. The van der Waals surface area contributed by atoms with Crippen LogP contribution in [0.2, 0.25) is 5.02 Å². The first-order chi connectivity index (χ1) is 16.4. The van der Waals surface area contributed by atoms with Crippen LogP contribution in [0.4, 0.5) is 5.69 Å². The van der Waals surface area contributed by atoms with Gasteiger partial charge in [-0.05, 0) is 53.2 Å². The number of ether oxygens (including phenoxy) is 1. The zero-order chi connectivity index (χ0) is 24.1. The molecule has 34 heavy (non-hydrogen) atoms. The van der Waals surface area contributed by atoms with E-state index in [1.165, 1.54) is 30.5 Å². The molecule has 0 saturated carbocycles. The SMILES string of the molecule is O=C(NN=Cc1c(OC(=O)c2ccc(Cl)cc2)ccc2ccccc12)c1ccc([N+](=O)[O-])cc1. The number of nitro groups is 1. The lowest BCUT2D eigenvalue weighted by atomic mass is 10.0. The van der Waals surface area contributed by atoms with Gasteiger partial charge in [0.25, 0.3) is 11.6 Å². The van der Waals surface area contributed by atoms with Gasteiger partial charge in [-0.2, -0.15) is 5.10 Å². The molecule has 0 aliphatic heterocycles. The number of halogens is 1. The molecule has 0 saturated heterocycles. The van der Waals surface area contributed by atoms with Crippen molar-refractivity contribution < 1.29 is 19.2 Å². The minimum atomic E-state index is -0.573. The third-order valence-corrected chi connectivity index (χ3v) is 5.17. The van der Waals surface area contributed by atoms with Gasteiger partial charge >= 0.3 is 5.97 Å². The van der Waals surface area contributed by atoms with Gasteiger partial charge < -0.3 is 4.74 Å². The Labute approximate surface area is 198 Å². The first-order valence-corrected chi connectivity index (χ1v) is 10.4. The number of nitrogens with one attached hydrogen (secondary N) is 1. The second-order valence-corrected chi connectivity index (χ2v) is 7.53. The molecule has 0 aromatic heterocycles. The van der Waals surface area contributed by atoms with Crippen LogP contribution in [0.5, 0.6) is 5.75 Å². The van der Waals surface area contributed by atoms with Crippen LogP contribution in [0.15, 0.2) is 90.0 Å². The summed E-state index contributed by atoms with van der Waals surface area (Å²) in [5, 5.41) is 16.9. The molecule has 0 fully saturated rings. The number of benzene rings is 4. The first kappa shape index (κ1) is 22.6. The highest BCUT2D eigenvalue weighted by atomic mass is 35.5. The van der Waals surface area contributed by atoms with Crippen molar-refractivity contribution in [3.8, 4) is 5.75 Å². The molecule has 0 heterocycles. The molecule has 0 spiro atoms. The van der Waals surface area contributed by atoms with Crippen molar-refractivity contribution in [1.82, 2.24) is 5.43 Å². The maximum atomic E-state index is 12.6. The standard InChI is InChI=1S/C25H16ClN3O5/c26-19-10-5-18(6-11-19)25(31)34-23-14-9-16-3-1-2-4-21(16)22(23)15-27-28-24(30)17-7-12-20(13-8-17)29(32)33/h1-15H,(H,28,30). The number of esters is 1. The van der Waals surface area contributed by atoms with Crippen LogP contribution >= 0.6 is 11.6 Å². The molecule has 4 rings (SSSR count). The summed E-state index contributed by atoms with van der Waals surface area (Å²) in [4.78, 5) is 35.2. The van der Waals surface area contributed by atoms with Crippen LogP contribution < -0.4 is 10.2 Å². The Morgan fingerprint density at radius 1 is 0.912 bits per heavy atom. The van der Waals surface area contributed by atoms with Gasteiger partial charge in [-0.1, -0.05) is 41.9 Å². The van der Waals surface area contributed by atoms with Crippen molar-refractivity contribution in [3.63, 3.8) is 0 Å². The van der Waals surface area contributed by atoms with Crippen molar-refractivity contribution in [3.05, 3.63) is 117 Å². The fourth-order valence-corrected chi connectivity index (χ4v) is 3.32. The number of nitro benzene ring substituents is 1. The molecule has 0 unspecified atom stereocenters. The molecule has 0 atom stereocenters. The van der Waals surface area contributed by atoms with E-state index in [9.17, 15) is 19.7 Å². The molecule has 4 aromatic carbocycles. The zero-order valence-corrected chi connectivity index (χ0v) is 18.2. The van der Waals surface area contributed by atoms with E-state index in [4.69, 9.17) is 16.3 Å². The number of nitrogens with zero attached hydrogens (tertiary/aromatic N) is 2. The Morgan fingerprint density at radius 3 is 2.29 bits per heavy atom. The van der Waals surface area contributed by atoms with Crippen molar-refractivity contribution in [2.45, 2.75) is 0 Å². The van der Waals surface area contributed by atoms with Crippen molar-refractivity contribution >= 4 is 46.2 Å². The molecule has 168 valence electrons. The largest absolute Gasteiger partial charge is 0.422 e. The van der Waals surface area contributed by atoms with E-state index in [1.807, 2.05) is 30.3 Å². The number of hydrogen-bond acceptors (Lipinski definition) is 6. The number of non-ortho nitro benzene ring substituents is 1. The second kappa shape index (κ2) is 9.93. The number of carbonyl (C=O) groups excluding carboxylic acids is 2. The highest BCUT2D eigenvalue weighted by molar-refractivity contribution is 6.30. The summed E-state index contributed by atoms with van der Waals surface area (Å²) in [6, 6.07) is 22.3. The Kier molecular flexibility index (Phi) is 6.61. The molecular weight excluding hydrogens is 458 g/mol. The lowest BCUT2D eigenvalue weighted by Crippen LogP contribution is -2.17. The lowest BCUT2D eigenvalue weighted by molar-refractivity contribution is -0.384. The predicted molar refractivity (Wildman–Crippen MR) is 129 cm³/mol. The number of hydrogen-bond donors (Lipinski definition) is 1. The summed E-state index contributed by atoms with van der Waals surface area (Å²) in [7, 11) is 0. The van der Waals surface area contributed by atoms with Crippen LogP contribution in [0.1, 0.15) is 26.3 Å². The van der Waals surface area contributed by atoms with E-state index in [0.29, 0.717) is 16.1 Å². The summed E-state index contributed by atoms with van der Waals surface area (Å²) in [5.74, 6) is -0.866. The summed E-state index contributed by atoms with van der Waals surface area (Å²) in [5.41, 5.74) is 3.28. The Hall–Kier alpha value is -4.56. The van der Waals surface area contributed by atoms with E-state index >= 15 is 0 Å². The number of carbonyl (C=O) groups is 2. The monoisotopic (exact) mass is 473 g/mol. The number of hydrazone groups is 1. The van der Waals surface area contributed by atoms with Crippen LogP contribution in [0.3, 0.4) is 0 Å². The molecule has 0 bridgehead atoms. The molecule has 1 N–H and O–H groups in total. The average Bonchev–Trinajstić information content (AvgIpc) is 2.85. The maximum absolute atomic E-state index is 12.6. The van der Waals surface area contributed by atoms with E-state index in [0.717, 1.165) is 10.8 Å². The molecule has 9 heteroatoms. The van der Waals surface area contributed by atoms with Gasteiger partial charge in [0.15, 0.2) is 0 Å². The van der Waals surface area contributed by atoms with Crippen LogP contribution in [-0.2, 0) is 0 Å². The van der Waals surface area contributed by atoms with Gasteiger partial charge in [0, 0.05) is 28.3 Å². The zero-order valence-electron chi connectivity index (χ0n) is 17.5. The Morgan fingerprint density at radius 2 is 1.59 bits per heavy atom. The Bertz CT molecular complexity index is 1420. The number of amides is 1. The minimum Gasteiger partial charge on any atom is -0.422 e. The van der Waals surface area contributed by atoms with E-state index in [-0.39, 0.29) is 17.0 Å². The van der Waals surface area contributed by atoms with Gasteiger partial charge in [-0.25, -0.2) is 10.2 Å². The molecule has 0 aliphatic rings. The molecular formula is C25H16ClN3O5. The summed E-state index contributed by atoms with van der Waals surface area (Å²) in [6.07, 6.45) is 1.39. The Balaban J connectivity index is 1.59. The van der Waals surface area contributed by atoms with Crippen molar-refractivity contribution in [2.24, 2.45) is 5.10 Å². The predicted octanol–water partition coefficient (Wildman–Crippen LogP) is 5.38. The third kappa shape index (κ3) is 5.08. The molecule has 4 aromatic rings. The van der Waals surface area contributed by atoms with Gasteiger partial charge in [-0.15, -0.1) is 0 Å². The van der Waals surface area contributed by atoms with Crippen LogP contribution in [0.25, 0.3) is 10.8 Å². The van der Waals surface area contributed by atoms with Gasteiger partial charge in [0.2, 0.25) is 0 Å². The fourth-order valence-electron chi connectivity index (χ4n) is 3.20. The van der Waals surface area contributed by atoms with Crippen LogP contribution in [0, 0.1) is 10.1 Å². The second-order valence-electron chi connectivity index (χ2n) is 7.10. The van der Waals surface area contributed by atoms with Gasteiger partial charge in [0.1, 0.15) is 5.75 Å². The van der Waals surface area contributed by atoms with Gasteiger partial charge in [-0.3, -0.25) is 14.9 Å². The normalized spacial score (nSPS) is 10.9. The fraction of sp³-hybridized carbons (Fsp3) is 0. The van der Waals surface area contributed by atoms with Crippen molar-refractivity contribution in [2.75, 3.05) is 0 Å². The van der Waals surface area contributed by atoms with Crippen molar-refractivity contribution in [1.29, 1.82) is 0 Å². The maximum Gasteiger partial charge on any atom is 0.343 e. The summed E-state index contributed by atoms with van der Waals surface area (Å²) >= 11 is 5.88.